The highest BCUT2D eigenvalue weighted by Crippen LogP contribution is 2.28. The zero-order chi connectivity index (χ0) is 23.7. The van der Waals surface area contributed by atoms with Gasteiger partial charge >= 0.3 is 12.3 Å². The van der Waals surface area contributed by atoms with Gasteiger partial charge in [0.2, 0.25) is 0 Å². The van der Waals surface area contributed by atoms with Crippen LogP contribution in [0, 0.1) is 0 Å². The van der Waals surface area contributed by atoms with Gasteiger partial charge in [-0.3, -0.25) is 4.79 Å². The number of rotatable bonds is 9. The first-order chi connectivity index (χ1) is 15.1. The van der Waals surface area contributed by atoms with Crippen LogP contribution < -0.4 is 19.5 Å². The topological polar surface area (TPSA) is 83.1 Å². The maximum absolute atomic E-state index is 12.2. The third-order valence-corrected chi connectivity index (χ3v) is 3.92. The van der Waals surface area contributed by atoms with E-state index in [0.29, 0.717) is 23.7 Å². The molecule has 0 fully saturated rings. The molecule has 7 nitrogen and oxygen atoms in total. The summed E-state index contributed by atoms with van der Waals surface area (Å²) in [7, 11) is 1.50. The van der Waals surface area contributed by atoms with Crippen molar-refractivity contribution < 1.29 is 41.7 Å². The van der Waals surface area contributed by atoms with Gasteiger partial charge in [0.05, 0.1) is 13.7 Å². The molecule has 10 heteroatoms. The van der Waals surface area contributed by atoms with Crippen molar-refractivity contribution in [3.8, 4) is 17.2 Å². The molecule has 0 aliphatic rings. The smallest absolute Gasteiger partial charge is 0.493 e. The number of carbonyl (C=O) groups excluding carboxylic acids is 2. The van der Waals surface area contributed by atoms with Crippen LogP contribution in [-0.2, 0) is 14.3 Å². The highest BCUT2D eigenvalue weighted by Gasteiger charge is 2.31. The molecule has 172 valence electrons. The highest BCUT2D eigenvalue weighted by molar-refractivity contribution is 5.96. The maximum atomic E-state index is 12.2. The summed E-state index contributed by atoms with van der Waals surface area (Å²) in [6.45, 7) is 3.68. The molecule has 2 aromatic rings. The van der Waals surface area contributed by atoms with Gasteiger partial charge in [-0.1, -0.05) is 6.07 Å². The molecular weight excluding hydrogens is 431 g/mol. The zero-order valence-electron chi connectivity index (χ0n) is 17.6. The first-order valence-corrected chi connectivity index (χ1v) is 9.47. The lowest BCUT2D eigenvalue weighted by Crippen LogP contribution is -2.29. The summed E-state index contributed by atoms with van der Waals surface area (Å²) in [5, 5.41) is 2.44. The van der Waals surface area contributed by atoms with Gasteiger partial charge in [-0.15, -0.1) is 13.2 Å². The van der Waals surface area contributed by atoms with Crippen LogP contribution in [0.15, 0.2) is 48.5 Å². The largest absolute Gasteiger partial charge is 0.573 e. The van der Waals surface area contributed by atoms with E-state index in [9.17, 15) is 22.8 Å². The number of nitrogens with one attached hydrogen (secondary N) is 1. The molecular formula is C22H22F3NO6. The van der Waals surface area contributed by atoms with Gasteiger partial charge < -0.3 is 24.3 Å². The Kier molecular flexibility index (Phi) is 8.51. The molecule has 1 N–H and O–H groups in total. The number of methoxy groups -OCH3 is 1. The number of ether oxygens (including phenoxy) is 4. The summed E-state index contributed by atoms with van der Waals surface area (Å²) in [6, 6.07) is 9.66. The molecule has 0 bridgehead atoms. The van der Waals surface area contributed by atoms with Crippen LogP contribution in [0.5, 0.6) is 17.2 Å². The van der Waals surface area contributed by atoms with Crippen LogP contribution in [0.2, 0.25) is 0 Å². The predicted molar refractivity (Wildman–Crippen MR) is 111 cm³/mol. The fraction of sp³-hybridized carbons (Fsp3) is 0.273. The van der Waals surface area contributed by atoms with E-state index in [0.717, 1.165) is 18.2 Å². The number of amides is 1. The molecule has 0 spiro atoms. The number of hydrogen-bond acceptors (Lipinski definition) is 6. The van der Waals surface area contributed by atoms with E-state index >= 15 is 0 Å². The minimum absolute atomic E-state index is 0.212. The fourth-order valence-corrected chi connectivity index (χ4v) is 2.48. The molecule has 1 unspecified atom stereocenters. The average Bonchev–Trinajstić information content (AvgIpc) is 2.73. The van der Waals surface area contributed by atoms with Crippen LogP contribution in [0.25, 0.3) is 6.08 Å². The molecule has 0 aliphatic heterocycles. The van der Waals surface area contributed by atoms with Gasteiger partial charge in [-0.25, -0.2) is 4.79 Å². The summed E-state index contributed by atoms with van der Waals surface area (Å²) >= 11 is 0. The Balaban J connectivity index is 1.90. The Hall–Kier alpha value is -3.69. The van der Waals surface area contributed by atoms with E-state index in [4.69, 9.17) is 14.2 Å². The van der Waals surface area contributed by atoms with Gasteiger partial charge in [-0.2, -0.15) is 0 Å². The van der Waals surface area contributed by atoms with E-state index in [-0.39, 0.29) is 5.69 Å². The van der Waals surface area contributed by atoms with Crippen LogP contribution in [-0.4, -0.2) is 38.1 Å². The first kappa shape index (κ1) is 24.6. The Morgan fingerprint density at radius 2 is 1.78 bits per heavy atom. The molecule has 2 rings (SSSR count). The van der Waals surface area contributed by atoms with E-state index < -0.39 is 30.1 Å². The van der Waals surface area contributed by atoms with Crippen LogP contribution in [0.3, 0.4) is 0 Å². The van der Waals surface area contributed by atoms with Crippen molar-refractivity contribution in [2.75, 3.05) is 19.0 Å². The van der Waals surface area contributed by atoms with E-state index in [1.54, 1.807) is 18.2 Å². The second kappa shape index (κ2) is 11.1. The summed E-state index contributed by atoms with van der Waals surface area (Å²) in [4.78, 5) is 24.2. The fourth-order valence-electron chi connectivity index (χ4n) is 2.48. The van der Waals surface area contributed by atoms with Gasteiger partial charge in [0.15, 0.2) is 17.6 Å². The second-order valence-electron chi connectivity index (χ2n) is 6.32. The van der Waals surface area contributed by atoms with Gasteiger partial charge in [0.25, 0.3) is 5.91 Å². The summed E-state index contributed by atoms with van der Waals surface area (Å²) in [5.74, 6) is -0.765. The predicted octanol–water partition coefficient (Wildman–Crippen LogP) is 4.58. The van der Waals surface area contributed by atoms with Crippen LogP contribution in [0.4, 0.5) is 18.9 Å². The number of benzene rings is 2. The Bertz CT molecular complexity index is 957. The number of alkyl halides is 3. The molecule has 2 aromatic carbocycles. The molecule has 1 amide bonds. The number of esters is 1. The lowest BCUT2D eigenvalue weighted by Gasteiger charge is -2.13. The van der Waals surface area contributed by atoms with E-state index in [2.05, 4.69) is 10.1 Å². The lowest BCUT2D eigenvalue weighted by atomic mass is 10.2. The van der Waals surface area contributed by atoms with E-state index in [1.807, 2.05) is 6.92 Å². The maximum Gasteiger partial charge on any atom is 0.573 e. The third-order valence-electron chi connectivity index (χ3n) is 3.92. The molecule has 0 saturated carbocycles. The third kappa shape index (κ3) is 7.86. The minimum atomic E-state index is -4.81. The first-order valence-electron chi connectivity index (χ1n) is 9.47. The molecule has 0 radical (unpaired) electrons. The summed E-state index contributed by atoms with van der Waals surface area (Å²) in [6.07, 6.45) is -3.31. The quantitative estimate of drug-likeness (QED) is 0.442. The number of anilines is 1. The molecule has 0 aromatic heterocycles. The Morgan fingerprint density at radius 1 is 1.09 bits per heavy atom. The van der Waals surface area contributed by atoms with E-state index in [1.165, 1.54) is 32.2 Å². The highest BCUT2D eigenvalue weighted by atomic mass is 19.4. The van der Waals surface area contributed by atoms with Crippen molar-refractivity contribution in [2.45, 2.75) is 26.3 Å². The average molecular weight is 453 g/mol. The van der Waals surface area contributed by atoms with Crippen LogP contribution >= 0.6 is 0 Å². The van der Waals surface area contributed by atoms with Crippen molar-refractivity contribution in [3.05, 3.63) is 54.1 Å². The summed E-state index contributed by atoms with van der Waals surface area (Å²) < 4.78 is 56.0. The van der Waals surface area contributed by atoms with Crippen molar-refractivity contribution in [1.29, 1.82) is 0 Å². The van der Waals surface area contributed by atoms with Gasteiger partial charge in [0.1, 0.15) is 5.75 Å². The minimum Gasteiger partial charge on any atom is -0.493 e. The zero-order valence-corrected chi connectivity index (χ0v) is 17.6. The summed E-state index contributed by atoms with van der Waals surface area (Å²) in [5.41, 5.74) is 0.866. The molecule has 0 aliphatic carbocycles. The van der Waals surface area contributed by atoms with Crippen molar-refractivity contribution in [1.82, 2.24) is 0 Å². The SMILES string of the molecule is CCOc1ccc(/C=C/C(=O)OC(C)C(=O)Nc2ccc(OC(F)(F)F)cc2)cc1OC. The van der Waals surface area contributed by atoms with Crippen molar-refractivity contribution in [3.63, 3.8) is 0 Å². The number of halogens is 3. The monoisotopic (exact) mass is 453 g/mol. The number of carbonyl (C=O) groups is 2. The van der Waals surface area contributed by atoms with Crippen LogP contribution in [0.1, 0.15) is 19.4 Å². The molecule has 0 heterocycles. The Morgan fingerprint density at radius 3 is 2.38 bits per heavy atom. The standard InChI is InChI=1S/C22H22F3NO6/c1-4-30-18-11-5-15(13-19(18)29-3)6-12-20(27)31-14(2)21(28)26-16-7-9-17(10-8-16)32-22(23,24)25/h5-14H,4H2,1-3H3,(H,26,28)/b12-6+. The lowest BCUT2D eigenvalue weighted by molar-refractivity contribution is -0.274. The normalized spacial score (nSPS) is 12.2. The van der Waals surface area contributed by atoms with Crippen molar-refractivity contribution in [2.24, 2.45) is 0 Å². The second-order valence-corrected chi connectivity index (χ2v) is 6.32. The number of hydrogen-bond donors (Lipinski definition) is 1. The Labute approximate surface area is 182 Å². The molecule has 0 saturated heterocycles. The van der Waals surface area contributed by atoms with Gasteiger partial charge in [0, 0.05) is 11.8 Å². The van der Waals surface area contributed by atoms with Crippen molar-refractivity contribution >= 4 is 23.6 Å². The molecule has 32 heavy (non-hydrogen) atoms. The van der Waals surface area contributed by atoms with Gasteiger partial charge in [-0.05, 0) is 61.9 Å². The molecule has 1 atom stereocenters.